The van der Waals surface area contributed by atoms with Crippen LogP contribution in [0.25, 0.3) is 17.0 Å². The molecule has 2 amide bonds. The van der Waals surface area contributed by atoms with Gasteiger partial charge >= 0.3 is 0 Å². The number of para-hydroxylation sites is 1. The van der Waals surface area contributed by atoms with Crippen LogP contribution in [0.15, 0.2) is 42.6 Å². The summed E-state index contributed by atoms with van der Waals surface area (Å²) in [6.45, 7) is 1.65. The molecule has 30 heavy (non-hydrogen) atoms. The van der Waals surface area contributed by atoms with E-state index in [1.54, 1.807) is 23.2 Å². The number of aromatic nitrogens is 2. The number of amides is 2. The first-order valence-corrected chi connectivity index (χ1v) is 10.4. The number of carbonyl (C=O) groups is 2. The van der Waals surface area contributed by atoms with Crippen molar-refractivity contribution >= 4 is 34.6 Å². The Labute approximate surface area is 175 Å². The van der Waals surface area contributed by atoms with E-state index >= 15 is 0 Å². The van der Waals surface area contributed by atoms with Gasteiger partial charge in [0.25, 0.3) is 0 Å². The molecule has 0 radical (unpaired) electrons. The van der Waals surface area contributed by atoms with E-state index in [-0.39, 0.29) is 11.8 Å². The summed E-state index contributed by atoms with van der Waals surface area (Å²) >= 11 is 0. The van der Waals surface area contributed by atoms with Crippen LogP contribution in [-0.2, 0) is 35.5 Å². The van der Waals surface area contributed by atoms with Crippen LogP contribution in [-0.4, -0.2) is 33.3 Å². The number of fused-ring (bicyclic) bond motifs is 4. The molecule has 2 aromatic heterocycles. The van der Waals surface area contributed by atoms with Gasteiger partial charge < -0.3 is 14.8 Å². The molecule has 0 fully saturated rings. The molecule has 0 atom stereocenters. The molecule has 0 saturated heterocycles. The van der Waals surface area contributed by atoms with E-state index in [1.165, 1.54) is 22.2 Å². The smallest absolute Gasteiger partial charge is 0.246 e. The minimum absolute atomic E-state index is 0.000205. The predicted molar refractivity (Wildman–Crippen MR) is 117 cm³/mol. The highest BCUT2D eigenvalue weighted by atomic mass is 16.2. The first-order chi connectivity index (χ1) is 14.6. The van der Waals surface area contributed by atoms with Crippen molar-refractivity contribution in [1.29, 1.82) is 0 Å². The highest BCUT2D eigenvalue weighted by Crippen LogP contribution is 2.32. The Hall–Kier alpha value is -3.41. The molecule has 0 unspecified atom stereocenters. The third kappa shape index (κ3) is 3.28. The van der Waals surface area contributed by atoms with E-state index in [1.807, 2.05) is 13.1 Å². The van der Waals surface area contributed by atoms with Gasteiger partial charge in [-0.3, -0.25) is 9.59 Å². The van der Waals surface area contributed by atoms with Gasteiger partial charge in [-0.15, -0.1) is 0 Å². The summed E-state index contributed by atoms with van der Waals surface area (Å²) in [5.41, 5.74) is 5.76. The maximum atomic E-state index is 12.8. The predicted octanol–water partition coefficient (Wildman–Crippen LogP) is 3.54. The second kappa shape index (κ2) is 7.44. The lowest BCUT2D eigenvalue weighted by molar-refractivity contribution is -0.125. The molecule has 0 bridgehead atoms. The lowest BCUT2D eigenvalue weighted by atomic mass is 10.0. The lowest BCUT2D eigenvalue weighted by Crippen LogP contribution is -2.24. The molecule has 1 aromatic carbocycles. The lowest BCUT2D eigenvalue weighted by Gasteiger charge is -2.16. The van der Waals surface area contributed by atoms with E-state index in [0.29, 0.717) is 25.2 Å². The Balaban J connectivity index is 1.33. The van der Waals surface area contributed by atoms with Crippen LogP contribution in [0.3, 0.4) is 0 Å². The quantitative estimate of drug-likeness (QED) is 0.681. The summed E-state index contributed by atoms with van der Waals surface area (Å²) in [7, 11) is 1.85. The monoisotopic (exact) mass is 400 g/mol. The average Bonchev–Trinajstić information content (AvgIpc) is 3.34. The van der Waals surface area contributed by atoms with E-state index in [9.17, 15) is 9.59 Å². The molecule has 152 valence electrons. The fourth-order valence-corrected chi connectivity index (χ4v) is 4.53. The molecule has 2 aliphatic heterocycles. The van der Waals surface area contributed by atoms with E-state index in [2.05, 4.69) is 39.1 Å². The second-order valence-electron chi connectivity index (χ2n) is 8.05. The Bertz CT molecular complexity index is 1190. The van der Waals surface area contributed by atoms with Gasteiger partial charge in [-0.2, -0.15) is 0 Å². The number of aryl methyl sites for hydroxylation is 2. The molecule has 2 aliphatic rings. The number of hydrogen-bond donors (Lipinski definition) is 1. The van der Waals surface area contributed by atoms with Crippen LogP contribution in [0.5, 0.6) is 0 Å². The minimum atomic E-state index is -0.0388. The molecule has 4 heterocycles. The third-order valence-electron chi connectivity index (χ3n) is 6.05. The Kier molecular flexibility index (Phi) is 4.62. The number of likely N-dealkylation sites (N-methyl/N-ethyl adjacent to an activating group) is 1. The van der Waals surface area contributed by atoms with Crippen molar-refractivity contribution in [2.75, 3.05) is 12.4 Å². The van der Waals surface area contributed by atoms with Crippen LogP contribution in [0.4, 0.5) is 5.82 Å². The van der Waals surface area contributed by atoms with Crippen LogP contribution in [0, 0.1) is 0 Å². The van der Waals surface area contributed by atoms with Crippen LogP contribution in [0.1, 0.15) is 35.2 Å². The number of carbonyl (C=O) groups excluding carboxylic acids is 2. The van der Waals surface area contributed by atoms with Crippen molar-refractivity contribution in [1.82, 2.24) is 14.5 Å². The van der Waals surface area contributed by atoms with Gasteiger partial charge in [0.2, 0.25) is 11.8 Å². The molecule has 6 heteroatoms. The molecular formula is C24H24N4O2. The van der Waals surface area contributed by atoms with Gasteiger partial charge in [0.05, 0.1) is 0 Å². The molecular weight excluding hydrogens is 376 g/mol. The van der Waals surface area contributed by atoms with Crippen molar-refractivity contribution in [2.24, 2.45) is 0 Å². The molecule has 1 N–H and O–H groups in total. The van der Waals surface area contributed by atoms with Gasteiger partial charge in [-0.25, -0.2) is 4.98 Å². The topological polar surface area (TPSA) is 67.2 Å². The SMILES string of the molecule is CN(Cc1c2n(c3ccccc13)CCC2)C(=O)C=Cc1cnc2c(c1)CCC(=O)N2. The summed E-state index contributed by atoms with van der Waals surface area (Å²) in [4.78, 5) is 30.3. The van der Waals surface area contributed by atoms with Gasteiger partial charge in [0, 0.05) is 61.0 Å². The number of nitrogens with zero attached hydrogens (tertiary/aromatic N) is 3. The summed E-state index contributed by atoms with van der Waals surface area (Å²) < 4.78 is 2.40. The third-order valence-corrected chi connectivity index (χ3v) is 6.05. The minimum Gasteiger partial charge on any atom is -0.344 e. The Morgan fingerprint density at radius 2 is 2.13 bits per heavy atom. The molecule has 3 aromatic rings. The molecule has 6 nitrogen and oxygen atoms in total. The largest absolute Gasteiger partial charge is 0.344 e. The van der Waals surface area contributed by atoms with E-state index in [0.717, 1.165) is 30.5 Å². The van der Waals surface area contributed by atoms with Crippen LogP contribution in [0.2, 0.25) is 0 Å². The summed E-state index contributed by atoms with van der Waals surface area (Å²) in [5, 5.41) is 4.03. The van der Waals surface area contributed by atoms with Crippen molar-refractivity contribution in [3.8, 4) is 0 Å². The Morgan fingerprint density at radius 1 is 1.27 bits per heavy atom. The van der Waals surface area contributed by atoms with Crippen molar-refractivity contribution in [3.63, 3.8) is 0 Å². The zero-order chi connectivity index (χ0) is 20.7. The summed E-state index contributed by atoms with van der Waals surface area (Å²) in [5.74, 6) is 0.587. The van der Waals surface area contributed by atoms with Gasteiger partial charge in [-0.1, -0.05) is 18.2 Å². The fraction of sp³-hybridized carbons (Fsp3) is 0.292. The molecule has 0 spiro atoms. The van der Waals surface area contributed by atoms with Crippen molar-refractivity contribution in [3.05, 3.63) is 65.0 Å². The zero-order valence-electron chi connectivity index (χ0n) is 17.0. The molecule has 0 saturated carbocycles. The van der Waals surface area contributed by atoms with Crippen LogP contribution >= 0.6 is 0 Å². The second-order valence-corrected chi connectivity index (χ2v) is 8.05. The van der Waals surface area contributed by atoms with Gasteiger partial charge in [-0.05, 0) is 48.6 Å². The normalized spacial score (nSPS) is 15.3. The summed E-state index contributed by atoms with van der Waals surface area (Å²) in [6, 6.07) is 10.4. The number of hydrogen-bond acceptors (Lipinski definition) is 3. The van der Waals surface area contributed by atoms with Gasteiger partial charge in [0.1, 0.15) is 5.82 Å². The van der Waals surface area contributed by atoms with E-state index < -0.39 is 0 Å². The first kappa shape index (κ1) is 18.6. The van der Waals surface area contributed by atoms with Crippen LogP contribution < -0.4 is 5.32 Å². The standard InChI is InChI=1S/C24H24N4O2/c1-27(15-19-18-5-2-3-6-20(18)28-12-4-7-21(19)28)23(30)11-8-16-13-17-9-10-22(29)26-24(17)25-14-16/h2-3,5-6,8,11,13-14H,4,7,9-10,12,15H2,1H3,(H,25,26,29). The molecule has 5 rings (SSSR count). The average molecular weight is 400 g/mol. The number of anilines is 1. The maximum Gasteiger partial charge on any atom is 0.246 e. The van der Waals surface area contributed by atoms with Gasteiger partial charge in [0.15, 0.2) is 0 Å². The maximum absolute atomic E-state index is 12.8. The number of pyridine rings is 1. The Morgan fingerprint density at radius 3 is 3.03 bits per heavy atom. The van der Waals surface area contributed by atoms with E-state index in [4.69, 9.17) is 0 Å². The number of rotatable bonds is 4. The molecule has 0 aliphatic carbocycles. The van der Waals surface area contributed by atoms with Crippen molar-refractivity contribution < 1.29 is 9.59 Å². The fourth-order valence-electron chi connectivity index (χ4n) is 4.53. The van der Waals surface area contributed by atoms with Crippen molar-refractivity contribution in [2.45, 2.75) is 38.8 Å². The zero-order valence-corrected chi connectivity index (χ0v) is 17.0. The highest BCUT2D eigenvalue weighted by molar-refractivity contribution is 5.94. The summed E-state index contributed by atoms with van der Waals surface area (Å²) in [6.07, 6.45) is 8.46. The number of benzene rings is 1. The number of nitrogens with one attached hydrogen (secondary N) is 1. The highest BCUT2D eigenvalue weighted by Gasteiger charge is 2.22. The first-order valence-electron chi connectivity index (χ1n) is 10.4.